The number of rotatable bonds is 6. The van der Waals surface area contributed by atoms with Crippen LogP contribution in [0, 0.1) is 32.1 Å². The number of benzene rings is 2. The third kappa shape index (κ3) is 5.06. The number of carboxylic acid groups (broad SMARTS) is 1. The van der Waals surface area contributed by atoms with Gasteiger partial charge in [-0.3, -0.25) is 9.48 Å². The molecule has 0 atom stereocenters. The molecule has 3 rings (SSSR count). The quantitative estimate of drug-likeness (QED) is 0.466. The molecule has 1 aromatic heterocycles. The second kappa shape index (κ2) is 9.09. The minimum absolute atomic E-state index is 0.0663. The van der Waals surface area contributed by atoms with Gasteiger partial charge in [0.1, 0.15) is 11.6 Å². The highest BCUT2D eigenvalue weighted by molar-refractivity contribution is 6.09. The van der Waals surface area contributed by atoms with Gasteiger partial charge in [0.05, 0.1) is 17.8 Å². The lowest BCUT2D eigenvalue weighted by Gasteiger charge is -2.06. The predicted molar refractivity (Wildman–Crippen MR) is 118 cm³/mol. The first kappa shape index (κ1) is 21.5. The van der Waals surface area contributed by atoms with Crippen molar-refractivity contribution in [3.8, 4) is 6.07 Å². The first-order valence-electron chi connectivity index (χ1n) is 9.64. The van der Waals surface area contributed by atoms with Gasteiger partial charge in [0.15, 0.2) is 0 Å². The van der Waals surface area contributed by atoms with Crippen molar-refractivity contribution in [1.29, 1.82) is 5.26 Å². The maximum atomic E-state index is 12.6. The summed E-state index contributed by atoms with van der Waals surface area (Å²) in [4.78, 5) is 23.5. The molecule has 0 fully saturated rings. The number of aryl methyl sites for hydroxylation is 2. The molecule has 0 saturated heterocycles. The van der Waals surface area contributed by atoms with Crippen LogP contribution in [0.15, 0.2) is 54.1 Å². The van der Waals surface area contributed by atoms with E-state index in [2.05, 4.69) is 10.4 Å². The number of hydrogen-bond acceptors (Lipinski definition) is 4. The van der Waals surface area contributed by atoms with Gasteiger partial charge in [-0.1, -0.05) is 29.8 Å². The van der Waals surface area contributed by atoms with E-state index < -0.39 is 11.9 Å². The van der Waals surface area contributed by atoms with E-state index in [1.807, 2.05) is 55.8 Å². The van der Waals surface area contributed by atoms with E-state index in [0.29, 0.717) is 12.2 Å². The second-order valence-corrected chi connectivity index (χ2v) is 7.23. The number of amides is 1. The molecule has 0 saturated carbocycles. The van der Waals surface area contributed by atoms with Gasteiger partial charge >= 0.3 is 5.97 Å². The Bertz CT molecular complexity index is 1200. The minimum atomic E-state index is -1.05. The Morgan fingerprint density at radius 3 is 2.32 bits per heavy atom. The van der Waals surface area contributed by atoms with Crippen molar-refractivity contribution < 1.29 is 14.7 Å². The van der Waals surface area contributed by atoms with Crippen molar-refractivity contribution in [1.82, 2.24) is 9.78 Å². The van der Waals surface area contributed by atoms with Crippen molar-refractivity contribution >= 4 is 23.6 Å². The van der Waals surface area contributed by atoms with Crippen LogP contribution in [0.2, 0.25) is 0 Å². The second-order valence-electron chi connectivity index (χ2n) is 7.23. The SMILES string of the molecule is Cc1ccc(Cn2nc(C)c(/C=C(\C#N)C(=O)Nc3ccc(C(=O)O)cc3)c2C)cc1. The van der Waals surface area contributed by atoms with Gasteiger partial charge in [0, 0.05) is 16.9 Å². The van der Waals surface area contributed by atoms with Crippen LogP contribution < -0.4 is 5.32 Å². The van der Waals surface area contributed by atoms with Gasteiger partial charge in [-0.25, -0.2) is 4.79 Å². The average molecular weight is 414 g/mol. The zero-order valence-corrected chi connectivity index (χ0v) is 17.5. The third-order valence-corrected chi connectivity index (χ3v) is 4.93. The largest absolute Gasteiger partial charge is 0.478 e. The van der Waals surface area contributed by atoms with Gasteiger partial charge in [0.2, 0.25) is 0 Å². The van der Waals surface area contributed by atoms with E-state index in [1.54, 1.807) is 0 Å². The summed E-state index contributed by atoms with van der Waals surface area (Å²) >= 11 is 0. The van der Waals surface area contributed by atoms with Gasteiger partial charge in [-0.05, 0) is 56.7 Å². The molecule has 0 aliphatic carbocycles. The topological polar surface area (TPSA) is 108 Å². The lowest BCUT2D eigenvalue weighted by Crippen LogP contribution is -2.13. The van der Waals surface area contributed by atoms with Crippen molar-refractivity contribution in [2.24, 2.45) is 0 Å². The number of carbonyl (C=O) groups excluding carboxylic acids is 1. The first-order chi connectivity index (χ1) is 14.8. The number of nitrogens with zero attached hydrogens (tertiary/aromatic N) is 3. The zero-order chi connectivity index (χ0) is 22.5. The normalized spacial score (nSPS) is 11.1. The van der Waals surface area contributed by atoms with Gasteiger partial charge in [0.25, 0.3) is 5.91 Å². The molecule has 2 N–H and O–H groups in total. The molecule has 31 heavy (non-hydrogen) atoms. The highest BCUT2D eigenvalue weighted by atomic mass is 16.4. The molecule has 2 aromatic carbocycles. The summed E-state index contributed by atoms with van der Waals surface area (Å²) in [5.74, 6) is -1.63. The summed E-state index contributed by atoms with van der Waals surface area (Å²) in [6.07, 6.45) is 1.53. The molecular weight excluding hydrogens is 392 g/mol. The van der Waals surface area contributed by atoms with E-state index in [-0.39, 0.29) is 11.1 Å². The molecule has 0 aliphatic rings. The van der Waals surface area contributed by atoms with Crippen LogP contribution in [-0.4, -0.2) is 26.8 Å². The molecule has 1 amide bonds. The minimum Gasteiger partial charge on any atom is -0.478 e. The van der Waals surface area contributed by atoms with Crippen molar-refractivity contribution in [3.63, 3.8) is 0 Å². The zero-order valence-electron chi connectivity index (χ0n) is 17.5. The van der Waals surface area contributed by atoms with Crippen LogP contribution in [0.3, 0.4) is 0 Å². The van der Waals surface area contributed by atoms with Crippen LogP contribution in [0.4, 0.5) is 5.69 Å². The molecule has 156 valence electrons. The number of carboxylic acids is 1. The molecule has 3 aromatic rings. The number of hydrogen-bond donors (Lipinski definition) is 2. The Labute approximate surface area is 180 Å². The molecule has 0 bridgehead atoms. The van der Waals surface area contributed by atoms with Gasteiger partial charge < -0.3 is 10.4 Å². The van der Waals surface area contributed by atoms with E-state index in [4.69, 9.17) is 5.11 Å². The Hall–Kier alpha value is -4.18. The van der Waals surface area contributed by atoms with E-state index in [0.717, 1.165) is 22.5 Å². The molecule has 7 heteroatoms. The maximum absolute atomic E-state index is 12.6. The number of carbonyl (C=O) groups is 2. The summed E-state index contributed by atoms with van der Waals surface area (Å²) in [6, 6.07) is 15.8. The summed E-state index contributed by atoms with van der Waals surface area (Å²) in [5, 5.41) is 25.7. The highest BCUT2D eigenvalue weighted by Crippen LogP contribution is 2.19. The highest BCUT2D eigenvalue weighted by Gasteiger charge is 2.15. The molecule has 0 spiro atoms. The number of nitriles is 1. The third-order valence-electron chi connectivity index (χ3n) is 4.93. The number of nitrogens with one attached hydrogen (secondary N) is 1. The molecular formula is C24H22N4O3. The van der Waals surface area contributed by atoms with Crippen LogP contribution >= 0.6 is 0 Å². The van der Waals surface area contributed by atoms with Crippen molar-refractivity contribution in [2.45, 2.75) is 27.3 Å². The Morgan fingerprint density at radius 2 is 1.74 bits per heavy atom. The molecule has 7 nitrogen and oxygen atoms in total. The van der Waals surface area contributed by atoms with Crippen LogP contribution in [-0.2, 0) is 11.3 Å². The monoisotopic (exact) mass is 414 g/mol. The van der Waals surface area contributed by atoms with E-state index in [1.165, 1.54) is 35.9 Å². The molecule has 1 heterocycles. The van der Waals surface area contributed by atoms with Crippen LogP contribution in [0.25, 0.3) is 6.08 Å². The summed E-state index contributed by atoms with van der Waals surface area (Å²) in [5.41, 5.74) is 5.03. The standard InChI is InChI=1S/C24H22N4O3/c1-15-4-6-18(7-5-15)14-28-17(3)22(16(2)27-28)12-20(13-25)23(29)26-21-10-8-19(9-11-21)24(30)31/h4-12H,14H2,1-3H3,(H,26,29)(H,30,31)/b20-12+. The van der Waals surface area contributed by atoms with Crippen molar-refractivity contribution in [2.75, 3.05) is 5.32 Å². The summed E-state index contributed by atoms with van der Waals surface area (Å²) < 4.78 is 1.85. The molecule has 0 radical (unpaired) electrons. The van der Waals surface area contributed by atoms with Gasteiger partial charge in [-0.2, -0.15) is 10.4 Å². The fourth-order valence-corrected chi connectivity index (χ4v) is 3.13. The Morgan fingerprint density at radius 1 is 1.10 bits per heavy atom. The predicted octanol–water partition coefficient (Wildman–Crippen LogP) is 4.10. The molecule has 0 aliphatic heterocycles. The fourth-order valence-electron chi connectivity index (χ4n) is 3.13. The summed E-state index contributed by atoms with van der Waals surface area (Å²) in [6.45, 7) is 6.36. The van der Waals surface area contributed by atoms with Gasteiger partial charge in [-0.15, -0.1) is 0 Å². The number of anilines is 1. The smallest absolute Gasteiger partial charge is 0.335 e. The van der Waals surface area contributed by atoms with Crippen LogP contribution in [0.5, 0.6) is 0 Å². The first-order valence-corrected chi connectivity index (χ1v) is 9.64. The lowest BCUT2D eigenvalue weighted by molar-refractivity contribution is -0.112. The van der Waals surface area contributed by atoms with E-state index >= 15 is 0 Å². The number of aromatic nitrogens is 2. The van der Waals surface area contributed by atoms with Crippen LogP contribution in [0.1, 0.15) is 38.4 Å². The summed E-state index contributed by atoms with van der Waals surface area (Å²) in [7, 11) is 0. The fraction of sp³-hybridized carbons (Fsp3) is 0.167. The number of aromatic carboxylic acids is 1. The maximum Gasteiger partial charge on any atom is 0.335 e. The lowest BCUT2D eigenvalue weighted by atomic mass is 10.1. The molecule has 0 unspecified atom stereocenters. The Balaban J connectivity index is 1.82. The van der Waals surface area contributed by atoms with Crippen molar-refractivity contribution in [3.05, 3.63) is 87.7 Å². The van der Waals surface area contributed by atoms with E-state index in [9.17, 15) is 14.9 Å². The Kier molecular flexibility index (Phi) is 6.32. The average Bonchev–Trinajstić information content (AvgIpc) is 3.00.